The van der Waals surface area contributed by atoms with Crippen molar-refractivity contribution in [2.45, 2.75) is 220 Å². The topological polar surface area (TPSA) is 72.8 Å². The molecule has 0 radical (unpaired) electrons. The van der Waals surface area contributed by atoms with E-state index < -0.39 is 6.10 Å². The Kier molecular flexibility index (Phi) is 33.4. The number of esters is 2. The highest BCUT2D eigenvalue weighted by Crippen LogP contribution is 2.16. The minimum Gasteiger partial charge on any atom is -0.462 e. The Bertz CT molecular complexity index is 632. The molecule has 1 atom stereocenters. The Labute approximate surface area is 280 Å². The Balaban J connectivity index is 3.48. The van der Waals surface area contributed by atoms with E-state index in [0.717, 1.165) is 43.9 Å². The van der Waals surface area contributed by atoms with Crippen LogP contribution in [0, 0.1) is 11.8 Å². The first-order valence-electron chi connectivity index (χ1n) is 19.8. The molecule has 0 amide bonds. The van der Waals surface area contributed by atoms with Crippen molar-refractivity contribution in [3.8, 4) is 0 Å². The second-order valence-electron chi connectivity index (χ2n) is 14.7. The van der Waals surface area contributed by atoms with Crippen LogP contribution < -0.4 is 0 Å². The number of hydrogen-bond donors (Lipinski definition) is 1. The molecule has 0 aromatic carbocycles. The number of ether oxygens (including phenoxy) is 2. The maximum atomic E-state index is 12.1. The zero-order chi connectivity index (χ0) is 33.2. The molecule has 0 aromatic rings. The highest BCUT2D eigenvalue weighted by atomic mass is 16.6. The Hall–Kier alpha value is -1.10. The van der Waals surface area contributed by atoms with Crippen LogP contribution >= 0.6 is 0 Å². The Morgan fingerprint density at radius 3 is 1.04 bits per heavy atom. The monoisotopic (exact) mass is 639 g/mol. The fourth-order valence-corrected chi connectivity index (χ4v) is 5.98. The third-order valence-electron chi connectivity index (χ3n) is 9.01. The van der Waals surface area contributed by atoms with Crippen LogP contribution in [0.5, 0.6) is 0 Å². The third kappa shape index (κ3) is 35.6. The van der Waals surface area contributed by atoms with Crippen LogP contribution in [0.15, 0.2) is 0 Å². The molecule has 0 aliphatic heterocycles. The van der Waals surface area contributed by atoms with Gasteiger partial charge >= 0.3 is 11.9 Å². The van der Waals surface area contributed by atoms with Crippen molar-refractivity contribution in [3.05, 3.63) is 0 Å². The summed E-state index contributed by atoms with van der Waals surface area (Å²) in [5.41, 5.74) is 0. The van der Waals surface area contributed by atoms with Gasteiger partial charge in [-0.15, -0.1) is 0 Å². The van der Waals surface area contributed by atoms with Crippen LogP contribution in [0.4, 0.5) is 0 Å². The summed E-state index contributed by atoms with van der Waals surface area (Å²) < 4.78 is 10.6. The third-order valence-corrected chi connectivity index (χ3v) is 9.01. The van der Waals surface area contributed by atoms with Gasteiger partial charge in [0.1, 0.15) is 6.61 Å². The predicted octanol–water partition coefficient (Wildman–Crippen LogP) is 12.1. The van der Waals surface area contributed by atoms with Gasteiger partial charge in [0.05, 0.1) is 6.61 Å². The average Bonchev–Trinajstić information content (AvgIpc) is 3.00. The first kappa shape index (κ1) is 43.9. The van der Waals surface area contributed by atoms with Gasteiger partial charge in [0, 0.05) is 12.8 Å². The zero-order valence-corrected chi connectivity index (χ0v) is 30.7. The van der Waals surface area contributed by atoms with E-state index >= 15 is 0 Å². The van der Waals surface area contributed by atoms with Gasteiger partial charge in [-0.2, -0.15) is 0 Å². The van der Waals surface area contributed by atoms with Crippen LogP contribution in [0.25, 0.3) is 0 Å². The van der Waals surface area contributed by atoms with E-state index in [1.807, 2.05) is 0 Å². The van der Waals surface area contributed by atoms with E-state index in [1.54, 1.807) is 0 Å². The molecule has 5 nitrogen and oxygen atoms in total. The van der Waals surface area contributed by atoms with Crippen LogP contribution in [0.1, 0.15) is 214 Å². The van der Waals surface area contributed by atoms with Gasteiger partial charge in [0.15, 0.2) is 6.10 Å². The summed E-state index contributed by atoms with van der Waals surface area (Å²) in [6.07, 6.45) is 34.5. The number of rotatable bonds is 35. The number of carbonyl (C=O) groups is 2. The first-order valence-corrected chi connectivity index (χ1v) is 19.8. The molecule has 0 spiro atoms. The summed E-state index contributed by atoms with van der Waals surface area (Å²) in [7, 11) is 0. The van der Waals surface area contributed by atoms with Crippen molar-refractivity contribution < 1.29 is 24.2 Å². The first-order chi connectivity index (χ1) is 21.8. The largest absolute Gasteiger partial charge is 0.462 e. The van der Waals surface area contributed by atoms with E-state index in [9.17, 15) is 14.7 Å². The number of unbranched alkanes of at least 4 members (excludes halogenated alkanes) is 23. The quantitative estimate of drug-likeness (QED) is 0.0552. The van der Waals surface area contributed by atoms with Gasteiger partial charge in [-0.1, -0.05) is 188 Å². The van der Waals surface area contributed by atoms with Crippen LogP contribution in [0.3, 0.4) is 0 Å². The molecule has 0 saturated heterocycles. The normalized spacial score (nSPS) is 12.2. The highest BCUT2D eigenvalue weighted by Gasteiger charge is 2.16. The maximum Gasteiger partial charge on any atom is 0.306 e. The van der Waals surface area contributed by atoms with Crippen LogP contribution in [-0.2, 0) is 19.1 Å². The number of aliphatic hydroxyl groups excluding tert-OH is 1. The van der Waals surface area contributed by atoms with E-state index in [-0.39, 0.29) is 25.2 Å². The minimum absolute atomic E-state index is 0.0588. The summed E-state index contributed by atoms with van der Waals surface area (Å²) in [5.74, 6) is 1.10. The average molecular weight is 639 g/mol. The number of aliphatic hydroxyl groups is 1. The lowest BCUT2D eigenvalue weighted by atomic mass is 10.0. The van der Waals surface area contributed by atoms with Crippen LogP contribution in [-0.4, -0.2) is 36.4 Å². The van der Waals surface area contributed by atoms with Gasteiger partial charge in [0.2, 0.25) is 0 Å². The van der Waals surface area contributed by atoms with Crippen molar-refractivity contribution in [2.75, 3.05) is 13.2 Å². The molecular formula is C40H78O5. The summed E-state index contributed by atoms with van der Waals surface area (Å²) in [6, 6.07) is 0. The standard InChI is InChI=1S/C40H78O5/c1-36(2)30-26-22-18-14-11-9-7-5-6-8-10-12-16-20-24-28-32-39(42)44-35-38(34-41)45-40(43)33-29-25-21-17-13-15-19-23-27-31-37(3)4/h36-38,41H,5-35H2,1-4H3/t38-/m0/s1. The smallest absolute Gasteiger partial charge is 0.306 e. The molecule has 0 aliphatic carbocycles. The highest BCUT2D eigenvalue weighted by molar-refractivity contribution is 5.70. The summed E-state index contributed by atoms with van der Waals surface area (Å²) in [5, 5.41) is 9.54. The van der Waals surface area contributed by atoms with Gasteiger partial charge in [0.25, 0.3) is 0 Å². The second kappa shape index (κ2) is 34.2. The van der Waals surface area contributed by atoms with Crippen molar-refractivity contribution in [1.82, 2.24) is 0 Å². The SMILES string of the molecule is CC(C)CCCCCCCCCCCCCCCCCCC(=O)OC[C@H](CO)OC(=O)CCCCCCCCCCCC(C)C. The Morgan fingerprint density at radius 2 is 0.733 bits per heavy atom. The molecule has 0 rings (SSSR count). The molecule has 0 heterocycles. The van der Waals surface area contributed by atoms with Gasteiger partial charge in [-0.05, 0) is 24.7 Å². The molecule has 45 heavy (non-hydrogen) atoms. The zero-order valence-electron chi connectivity index (χ0n) is 30.7. The lowest BCUT2D eigenvalue weighted by Gasteiger charge is -2.15. The molecule has 5 heteroatoms. The van der Waals surface area contributed by atoms with Crippen molar-refractivity contribution >= 4 is 11.9 Å². The van der Waals surface area contributed by atoms with Gasteiger partial charge < -0.3 is 14.6 Å². The molecular weight excluding hydrogens is 560 g/mol. The van der Waals surface area contributed by atoms with Crippen molar-refractivity contribution in [2.24, 2.45) is 11.8 Å². The lowest BCUT2D eigenvalue weighted by Crippen LogP contribution is -2.28. The fraction of sp³-hybridized carbons (Fsp3) is 0.950. The van der Waals surface area contributed by atoms with Crippen molar-refractivity contribution in [3.63, 3.8) is 0 Å². The fourth-order valence-electron chi connectivity index (χ4n) is 5.98. The molecule has 0 saturated carbocycles. The summed E-state index contributed by atoms with van der Waals surface area (Å²) in [6.45, 7) is 8.84. The second-order valence-corrected chi connectivity index (χ2v) is 14.7. The lowest BCUT2D eigenvalue weighted by molar-refractivity contribution is -0.161. The molecule has 1 N–H and O–H groups in total. The van der Waals surface area contributed by atoms with Crippen molar-refractivity contribution in [1.29, 1.82) is 0 Å². The number of carbonyl (C=O) groups excluding carboxylic acids is 2. The van der Waals surface area contributed by atoms with E-state index in [1.165, 1.54) is 141 Å². The molecule has 0 unspecified atom stereocenters. The molecule has 0 aliphatic rings. The van der Waals surface area contributed by atoms with Gasteiger partial charge in [-0.25, -0.2) is 0 Å². The molecule has 268 valence electrons. The summed E-state index contributed by atoms with van der Waals surface area (Å²) >= 11 is 0. The Morgan fingerprint density at radius 1 is 0.444 bits per heavy atom. The van der Waals surface area contributed by atoms with Gasteiger partial charge in [-0.3, -0.25) is 9.59 Å². The predicted molar refractivity (Wildman–Crippen MR) is 191 cm³/mol. The molecule has 0 aromatic heterocycles. The summed E-state index contributed by atoms with van der Waals surface area (Å²) in [4.78, 5) is 24.2. The minimum atomic E-state index is -0.762. The molecule has 0 fully saturated rings. The maximum absolute atomic E-state index is 12.1. The van der Waals surface area contributed by atoms with E-state index in [4.69, 9.17) is 9.47 Å². The molecule has 0 bridgehead atoms. The number of hydrogen-bond acceptors (Lipinski definition) is 5. The van der Waals surface area contributed by atoms with E-state index in [0.29, 0.717) is 12.8 Å². The van der Waals surface area contributed by atoms with Crippen LogP contribution in [0.2, 0.25) is 0 Å². The van der Waals surface area contributed by atoms with E-state index in [2.05, 4.69) is 27.7 Å².